The highest BCUT2D eigenvalue weighted by Crippen LogP contribution is 2.34. The summed E-state index contributed by atoms with van der Waals surface area (Å²) >= 11 is 1.77. The van der Waals surface area contributed by atoms with Crippen molar-refractivity contribution in [2.45, 2.75) is 57.4 Å². The molecule has 1 aliphatic carbocycles. The largest absolute Gasteiger partial charge is 0.349 e. The Morgan fingerprint density at radius 2 is 1.96 bits per heavy atom. The number of carbonyl (C=O) groups excluding carboxylic acids is 1. The maximum atomic E-state index is 12.6. The van der Waals surface area contributed by atoms with Gasteiger partial charge in [0.2, 0.25) is 0 Å². The Labute approximate surface area is 147 Å². The Morgan fingerprint density at radius 1 is 1.21 bits per heavy atom. The Kier molecular flexibility index (Phi) is 4.55. The number of piperidine rings is 1. The molecule has 24 heavy (non-hydrogen) atoms. The van der Waals surface area contributed by atoms with Gasteiger partial charge in [-0.2, -0.15) is 0 Å². The highest BCUT2D eigenvalue weighted by Gasteiger charge is 2.22. The molecule has 1 saturated carbocycles. The molecule has 0 radical (unpaired) electrons. The number of benzene rings is 1. The number of hydrogen-bond acceptors (Lipinski definition) is 4. The minimum Gasteiger partial charge on any atom is -0.349 e. The summed E-state index contributed by atoms with van der Waals surface area (Å²) in [5.74, 6) is 0.641. The first kappa shape index (κ1) is 16.0. The van der Waals surface area contributed by atoms with Gasteiger partial charge in [-0.15, -0.1) is 11.3 Å². The molecule has 4 nitrogen and oxygen atoms in total. The molecule has 1 aromatic carbocycles. The summed E-state index contributed by atoms with van der Waals surface area (Å²) in [6, 6.07) is 4.40. The van der Waals surface area contributed by atoms with Crippen LogP contribution in [0.25, 0.3) is 10.2 Å². The lowest BCUT2D eigenvalue weighted by Crippen LogP contribution is -2.32. The fourth-order valence-electron chi connectivity index (χ4n) is 3.93. The van der Waals surface area contributed by atoms with Gasteiger partial charge in [-0.3, -0.25) is 4.79 Å². The van der Waals surface area contributed by atoms with E-state index in [0.717, 1.165) is 60.1 Å². The number of amides is 1. The van der Waals surface area contributed by atoms with E-state index in [-0.39, 0.29) is 5.91 Å². The standard InChI is InChI=1S/C19H25N3OS/c1-12-10-14(18(23)21-15-4-2-3-5-15)11-16-17(12)22-19(24-16)13-6-8-20-9-7-13/h10-11,13,15,20H,2-9H2,1H3,(H,21,23). The smallest absolute Gasteiger partial charge is 0.251 e. The second-order valence-electron chi connectivity index (χ2n) is 7.17. The van der Waals surface area contributed by atoms with Crippen molar-refractivity contribution in [2.24, 2.45) is 0 Å². The maximum absolute atomic E-state index is 12.6. The van der Waals surface area contributed by atoms with Crippen molar-refractivity contribution >= 4 is 27.5 Å². The highest BCUT2D eigenvalue weighted by atomic mass is 32.1. The van der Waals surface area contributed by atoms with E-state index in [0.29, 0.717) is 12.0 Å². The first-order valence-corrected chi connectivity index (χ1v) is 9.95. The lowest BCUT2D eigenvalue weighted by molar-refractivity contribution is 0.0938. The molecule has 2 aliphatic rings. The Morgan fingerprint density at radius 3 is 2.71 bits per heavy atom. The topological polar surface area (TPSA) is 54.0 Å². The summed E-state index contributed by atoms with van der Waals surface area (Å²) < 4.78 is 1.15. The summed E-state index contributed by atoms with van der Waals surface area (Å²) in [4.78, 5) is 17.5. The molecule has 0 atom stereocenters. The number of thiazole rings is 1. The Balaban J connectivity index is 1.59. The van der Waals surface area contributed by atoms with E-state index < -0.39 is 0 Å². The van der Waals surface area contributed by atoms with Crippen molar-refractivity contribution in [3.8, 4) is 0 Å². The lowest BCUT2D eigenvalue weighted by Gasteiger charge is -2.20. The number of carbonyl (C=O) groups is 1. The number of nitrogens with zero attached hydrogens (tertiary/aromatic N) is 1. The average Bonchev–Trinajstić information content (AvgIpc) is 3.25. The third-order valence-corrected chi connectivity index (χ3v) is 6.51. The number of fused-ring (bicyclic) bond motifs is 1. The van der Waals surface area contributed by atoms with E-state index in [2.05, 4.69) is 17.6 Å². The number of aryl methyl sites for hydroxylation is 1. The van der Waals surface area contributed by atoms with E-state index in [1.807, 2.05) is 12.1 Å². The zero-order valence-corrected chi connectivity index (χ0v) is 15.0. The maximum Gasteiger partial charge on any atom is 0.251 e. The van der Waals surface area contributed by atoms with Gasteiger partial charge < -0.3 is 10.6 Å². The zero-order valence-electron chi connectivity index (χ0n) is 14.2. The molecule has 0 bridgehead atoms. The third-order valence-electron chi connectivity index (χ3n) is 5.34. The van der Waals surface area contributed by atoms with Crippen molar-refractivity contribution in [1.29, 1.82) is 0 Å². The molecule has 1 aromatic heterocycles. The lowest BCUT2D eigenvalue weighted by atomic mass is 9.99. The van der Waals surface area contributed by atoms with Crippen LogP contribution < -0.4 is 10.6 Å². The van der Waals surface area contributed by atoms with E-state index >= 15 is 0 Å². The molecular formula is C19H25N3OS. The summed E-state index contributed by atoms with van der Waals surface area (Å²) in [5.41, 5.74) is 2.97. The molecule has 2 aromatic rings. The predicted molar refractivity (Wildman–Crippen MR) is 98.9 cm³/mol. The highest BCUT2D eigenvalue weighted by molar-refractivity contribution is 7.18. The summed E-state index contributed by atoms with van der Waals surface area (Å²) in [5, 5.41) is 7.84. The number of rotatable bonds is 3. The Hall–Kier alpha value is -1.46. The van der Waals surface area contributed by atoms with Crippen LogP contribution in [0.4, 0.5) is 0 Å². The zero-order chi connectivity index (χ0) is 16.5. The van der Waals surface area contributed by atoms with Crippen molar-refractivity contribution in [2.75, 3.05) is 13.1 Å². The molecule has 2 heterocycles. The van der Waals surface area contributed by atoms with Gasteiger partial charge in [0, 0.05) is 17.5 Å². The van der Waals surface area contributed by atoms with Crippen molar-refractivity contribution in [3.05, 3.63) is 28.3 Å². The first-order chi connectivity index (χ1) is 11.7. The predicted octanol–water partition coefficient (Wildman–Crippen LogP) is 3.74. The summed E-state index contributed by atoms with van der Waals surface area (Å²) in [6.45, 7) is 4.23. The van der Waals surface area contributed by atoms with E-state index in [1.165, 1.54) is 17.8 Å². The average molecular weight is 343 g/mol. The molecular weight excluding hydrogens is 318 g/mol. The van der Waals surface area contributed by atoms with E-state index in [1.54, 1.807) is 11.3 Å². The molecule has 1 saturated heterocycles. The Bertz CT molecular complexity index is 742. The minimum absolute atomic E-state index is 0.0729. The minimum atomic E-state index is 0.0729. The first-order valence-electron chi connectivity index (χ1n) is 9.13. The summed E-state index contributed by atoms with van der Waals surface area (Å²) in [7, 11) is 0. The number of aromatic nitrogens is 1. The molecule has 0 spiro atoms. The van der Waals surface area contributed by atoms with Gasteiger partial charge in [-0.25, -0.2) is 4.98 Å². The van der Waals surface area contributed by atoms with Crippen molar-refractivity contribution in [3.63, 3.8) is 0 Å². The monoisotopic (exact) mass is 343 g/mol. The van der Waals surface area contributed by atoms with Crippen LogP contribution in [-0.2, 0) is 0 Å². The van der Waals surface area contributed by atoms with Crippen LogP contribution >= 0.6 is 11.3 Å². The molecule has 1 amide bonds. The van der Waals surface area contributed by atoms with Crippen LogP contribution in [0.1, 0.15) is 65.4 Å². The van der Waals surface area contributed by atoms with Crippen molar-refractivity contribution < 1.29 is 4.79 Å². The van der Waals surface area contributed by atoms with Crippen LogP contribution in [0.5, 0.6) is 0 Å². The number of hydrogen-bond donors (Lipinski definition) is 2. The van der Waals surface area contributed by atoms with Gasteiger partial charge in [0.15, 0.2) is 0 Å². The van der Waals surface area contributed by atoms with Crippen molar-refractivity contribution in [1.82, 2.24) is 15.6 Å². The summed E-state index contributed by atoms with van der Waals surface area (Å²) in [6.07, 6.45) is 7.03. The fraction of sp³-hybridized carbons (Fsp3) is 0.579. The normalized spacial score (nSPS) is 19.9. The SMILES string of the molecule is Cc1cc(C(=O)NC2CCCC2)cc2sc(C3CCNCC3)nc12. The molecule has 2 fully saturated rings. The number of nitrogens with one attached hydrogen (secondary N) is 2. The van der Waals surface area contributed by atoms with Crippen LogP contribution in [-0.4, -0.2) is 30.0 Å². The van der Waals surface area contributed by atoms with E-state index in [9.17, 15) is 4.79 Å². The quantitative estimate of drug-likeness (QED) is 0.892. The van der Waals surface area contributed by atoms with Gasteiger partial charge in [-0.1, -0.05) is 12.8 Å². The van der Waals surface area contributed by atoms with Gasteiger partial charge in [0.1, 0.15) is 0 Å². The molecule has 1 aliphatic heterocycles. The third kappa shape index (κ3) is 3.20. The molecule has 128 valence electrons. The van der Waals surface area contributed by atoms with Crippen LogP contribution in [0.2, 0.25) is 0 Å². The van der Waals surface area contributed by atoms with Gasteiger partial charge in [-0.05, 0) is 63.4 Å². The van der Waals surface area contributed by atoms with Crippen LogP contribution in [0.3, 0.4) is 0 Å². The second kappa shape index (κ2) is 6.81. The molecule has 2 N–H and O–H groups in total. The van der Waals surface area contributed by atoms with Crippen LogP contribution in [0.15, 0.2) is 12.1 Å². The van der Waals surface area contributed by atoms with Gasteiger partial charge in [0.25, 0.3) is 5.91 Å². The fourth-order valence-corrected chi connectivity index (χ4v) is 5.18. The molecule has 4 rings (SSSR count). The molecule has 0 unspecified atom stereocenters. The van der Waals surface area contributed by atoms with E-state index in [4.69, 9.17) is 4.98 Å². The van der Waals surface area contributed by atoms with Gasteiger partial charge in [0.05, 0.1) is 15.2 Å². The van der Waals surface area contributed by atoms with Crippen LogP contribution in [0, 0.1) is 6.92 Å². The molecule has 5 heteroatoms. The second-order valence-corrected chi connectivity index (χ2v) is 8.23. The van der Waals surface area contributed by atoms with Gasteiger partial charge >= 0.3 is 0 Å².